The third-order valence-electron chi connectivity index (χ3n) is 4.96. The van der Waals surface area contributed by atoms with Gasteiger partial charge in [-0.25, -0.2) is 0 Å². The second-order valence-corrected chi connectivity index (χ2v) is 7.18. The van der Waals surface area contributed by atoms with E-state index in [2.05, 4.69) is 24.3 Å². The number of carbonyl (C=O) groups is 1. The van der Waals surface area contributed by atoms with E-state index in [1.165, 1.54) is 0 Å². The van der Waals surface area contributed by atoms with Crippen LogP contribution in [0.25, 0.3) is 11.0 Å². The summed E-state index contributed by atoms with van der Waals surface area (Å²) in [5, 5.41) is 11.5. The maximum atomic E-state index is 10.6. The first-order valence-electron chi connectivity index (χ1n) is 10.3. The summed E-state index contributed by atoms with van der Waals surface area (Å²) in [7, 11) is 0. The molecule has 4 rings (SSSR count). The number of fused-ring (bicyclic) bond motifs is 1. The lowest BCUT2D eigenvalue weighted by Crippen LogP contribution is -2.28. The SMILES string of the molecule is O=C([O-])COc1cccc2c(COCCOC(c3ccccc3)c3ccccc3)coc12. The number of ether oxygens (including phenoxy) is 3. The van der Waals surface area contributed by atoms with Crippen LogP contribution in [0.5, 0.6) is 5.75 Å². The van der Waals surface area contributed by atoms with Crippen molar-refractivity contribution in [2.75, 3.05) is 19.8 Å². The van der Waals surface area contributed by atoms with Crippen molar-refractivity contribution in [3.8, 4) is 5.75 Å². The summed E-state index contributed by atoms with van der Waals surface area (Å²) in [6.45, 7) is 0.628. The van der Waals surface area contributed by atoms with Gasteiger partial charge >= 0.3 is 0 Å². The van der Waals surface area contributed by atoms with E-state index in [1.54, 1.807) is 18.4 Å². The molecule has 0 spiro atoms. The highest BCUT2D eigenvalue weighted by atomic mass is 16.5. The molecule has 0 N–H and O–H groups in total. The van der Waals surface area contributed by atoms with Gasteiger partial charge in [-0.1, -0.05) is 72.8 Å². The fourth-order valence-corrected chi connectivity index (χ4v) is 3.49. The molecular weight excluding hydrogens is 408 g/mol. The molecule has 0 aliphatic rings. The molecule has 0 aliphatic carbocycles. The Kier molecular flexibility index (Phi) is 7.17. The maximum absolute atomic E-state index is 10.6. The number of carboxylic acid groups (broad SMARTS) is 1. The second kappa shape index (κ2) is 10.6. The van der Waals surface area contributed by atoms with E-state index in [4.69, 9.17) is 18.6 Å². The fraction of sp³-hybridized carbons (Fsp3) is 0.192. The number of hydrogen-bond acceptors (Lipinski definition) is 6. The van der Waals surface area contributed by atoms with Crippen molar-refractivity contribution in [1.82, 2.24) is 0 Å². The molecule has 0 amide bonds. The number of carbonyl (C=O) groups excluding carboxylic acids is 1. The van der Waals surface area contributed by atoms with E-state index in [9.17, 15) is 9.90 Å². The highest BCUT2D eigenvalue weighted by Gasteiger charge is 2.15. The van der Waals surface area contributed by atoms with Crippen molar-refractivity contribution in [1.29, 1.82) is 0 Å². The van der Waals surface area contributed by atoms with E-state index in [0.717, 1.165) is 22.1 Å². The molecule has 0 saturated heterocycles. The van der Waals surface area contributed by atoms with E-state index < -0.39 is 12.6 Å². The predicted molar refractivity (Wildman–Crippen MR) is 117 cm³/mol. The third-order valence-corrected chi connectivity index (χ3v) is 4.96. The molecule has 4 aromatic rings. The normalized spacial score (nSPS) is 11.2. The molecular formula is C26H23O6-. The largest absolute Gasteiger partial charge is 0.546 e. The predicted octanol–water partition coefficient (Wildman–Crippen LogP) is 3.88. The van der Waals surface area contributed by atoms with Crippen molar-refractivity contribution >= 4 is 16.9 Å². The molecule has 0 aliphatic heterocycles. The Morgan fingerprint density at radius 2 is 1.56 bits per heavy atom. The lowest BCUT2D eigenvalue weighted by Gasteiger charge is -2.19. The van der Waals surface area contributed by atoms with Crippen molar-refractivity contribution < 1.29 is 28.5 Å². The zero-order chi connectivity index (χ0) is 22.2. The van der Waals surface area contributed by atoms with Gasteiger partial charge in [0.15, 0.2) is 11.3 Å². The second-order valence-electron chi connectivity index (χ2n) is 7.18. The topological polar surface area (TPSA) is 81.0 Å². The fourth-order valence-electron chi connectivity index (χ4n) is 3.49. The van der Waals surface area contributed by atoms with E-state index in [1.807, 2.05) is 42.5 Å². The molecule has 3 aromatic carbocycles. The Bertz CT molecular complexity index is 1100. The molecule has 1 aromatic heterocycles. The minimum atomic E-state index is -1.29. The highest BCUT2D eigenvalue weighted by Crippen LogP contribution is 2.30. The lowest BCUT2D eigenvalue weighted by atomic mass is 10.0. The van der Waals surface area contributed by atoms with Crippen LogP contribution in [0.15, 0.2) is 89.5 Å². The molecule has 0 saturated carbocycles. The Hall–Kier alpha value is -3.61. The van der Waals surface area contributed by atoms with Gasteiger partial charge in [0.2, 0.25) is 0 Å². The molecule has 0 radical (unpaired) electrons. The van der Waals surface area contributed by atoms with E-state index >= 15 is 0 Å². The molecule has 32 heavy (non-hydrogen) atoms. The minimum Gasteiger partial charge on any atom is -0.546 e. The molecule has 0 atom stereocenters. The first-order valence-corrected chi connectivity index (χ1v) is 10.3. The Balaban J connectivity index is 1.34. The van der Waals surface area contributed by atoms with Gasteiger partial charge in [-0.2, -0.15) is 0 Å². The zero-order valence-electron chi connectivity index (χ0n) is 17.4. The number of rotatable bonds is 11. The smallest absolute Gasteiger partial charge is 0.176 e. The van der Waals surface area contributed by atoms with Crippen LogP contribution < -0.4 is 9.84 Å². The Morgan fingerprint density at radius 3 is 2.22 bits per heavy atom. The van der Waals surface area contributed by atoms with Crippen LogP contribution in [-0.4, -0.2) is 25.8 Å². The zero-order valence-corrected chi connectivity index (χ0v) is 17.4. The first kappa shape index (κ1) is 21.6. The quantitative estimate of drug-likeness (QED) is 0.335. The van der Waals surface area contributed by atoms with Crippen molar-refractivity contribution in [2.24, 2.45) is 0 Å². The highest BCUT2D eigenvalue weighted by molar-refractivity contribution is 5.86. The van der Waals surface area contributed by atoms with Crippen LogP contribution in [0.2, 0.25) is 0 Å². The Labute approximate surface area is 186 Å². The van der Waals surface area contributed by atoms with Gasteiger partial charge in [0.25, 0.3) is 0 Å². The third kappa shape index (κ3) is 5.35. The summed E-state index contributed by atoms with van der Waals surface area (Å²) in [5.74, 6) is -0.934. The van der Waals surface area contributed by atoms with Crippen LogP contribution in [0, 0.1) is 0 Å². The van der Waals surface area contributed by atoms with Crippen molar-refractivity contribution in [2.45, 2.75) is 12.7 Å². The first-order chi connectivity index (χ1) is 15.7. The molecule has 0 bridgehead atoms. The summed E-state index contributed by atoms with van der Waals surface area (Å²) in [5.41, 5.74) is 3.51. The summed E-state index contributed by atoms with van der Waals surface area (Å²) < 4.78 is 22.8. The van der Waals surface area contributed by atoms with Crippen molar-refractivity contribution in [3.63, 3.8) is 0 Å². The molecule has 6 nitrogen and oxygen atoms in total. The number of benzene rings is 3. The molecule has 164 valence electrons. The van der Waals surface area contributed by atoms with Crippen LogP contribution in [0.1, 0.15) is 22.8 Å². The van der Waals surface area contributed by atoms with Gasteiger partial charge in [-0.05, 0) is 17.2 Å². The van der Waals surface area contributed by atoms with Gasteiger partial charge in [-0.15, -0.1) is 0 Å². The molecule has 6 heteroatoms. The number of carboxylic acids is 1. The van der Waals surface area contributed by atoms with Crippen molar-refractivity contribution in [3.05, 3.63) is 102 Å². The average Bonchev–Trinajstić information content (AvgIpc) is 3.25. The molecule has 1 heterocycles. The van der Waals surface area contributed by atoms with Crippen LogP contribution in [0.3, 0.4) is 0 Å². The maximum Gasteiger partial charge on any atom is 0.176 e. The summed E-state index contributed by atoms with van der Waals surface area (Å²) >= 11 is 0. The van der Waals surface area contributed by atoms with Gasteiger partial charge < -0.3 is 28.5 Å². The van der Waals surface area contributed by atoms with Gasteiger partial charge in [0.05, 0.1) is 32.1 Å². The van der Waals surface area contributed by atoms with E-state index in [0.29, 0.717) is 31.2 Å². The Morgan fingerprint density at radius 1 is 0.875 bits per heavy atom. The summed E-state index contributed by atoms with van der Waals surface area (Å²) in [6, 6.07) is 25.5. The molecule has 0 unspecified atom stereocenters. The summed E-state index contributed by atoms with van der Waals surface area (Å²) in [4.78, 5) is 10.6. The van der Waals surface area contributed by atoms with Crippen LogP contribution in [0.4, 0.5) is 0 Å². The number of furan rings is 1. The number of hydrogen-bond donors (Lipinski definition) is 0. The number of aliphatic carboxylic acids is 1. The monoisotopic (exact) mass is 431 g/mol. The van der Waals surface area contributed by atoms with E-state index in [-0.39, 0.29) is 6.10 Å². The molecule has 0 fully saturated rings. The van der Waals surface area contributed by atoms with Gasteiger partial charge in [0.1, 0.15) is 12.7 Å². The summed E-state index contributed by atoms with van der Waals surface area (Å²) in [6.07, 6.45) is 1.42. The standard InChI is InChI=1S/C26H24O6/c27-24(28)18-31-23-13-7-12-22-21(17-32-26(22)23)16-29-14-15-30-25(19-8-3-1-4-9-19)20-10-5-2-6-11-20/h1-13,17,25H,14-16,18H2,(H,27,28)/p-1. The van der Waals surface area contributed by atoms with Crippen LogP contribution in [-0.2, 0) is 20.9 Å². The lowest BCUT2D eigenvalue weighted by molar-refractivity contribution is -0.307. The van der Waals surface area contributed by atoms with Gasteiger partial charge in [0, 0.05) is 10.9 Å². The minimum absolute atomic E-state index is 0.167. The average molecular weight is 431 g/mol. The number of para-hydroxylation sites is 1. The van der Waals surface area contributed by atoms with Gasteiger partial charge in [-0.3, -0.25) is 0 Å². The van der Waals surface area contributed by atoms with Crippen LogP contribution >= 0.6 is 0 Å².